The van der Waals surface area contributed by atoms with Gasteiger partial charge in [-0.3, -0.25) is 4.79 Å². The zero-order chi connectivity index (χ0) is 16.1. The van der Waals surface area contributed by atoms with Crippen LogP contribution in [0.3, 0.4) is 0 Å². The number of hydrazone groups is 1. The Labute approximate surface area is 129 Å². The number of hydrogen-bond donors (Lipinski definition) is 2. The van der Waals surface area contributed by atoms with Gasteiger partial charge in [-0.2, -0.15) is 5.10 Å². The molecule has 1 atom stereocenters. The summed E-state index contributed by atoms with van der Waals surface area (Å²) in [6, 6.07) is 8.80. The van der Waals surface area contributed by atoms with Gasteiger partial charge in [0.1, 0.15) is 5.75 Å². The van der Waals surface area contributed by atoms with Crippen LogP contribution in [0.15, 0.2) is 35.4 Å². The number of amides is 1. The number of pyridine rings is 1. The SMILES string of the molecule is COc1ccc2nc(C=NNC(=O)C(N)C(C)C)ccc2c1. The van der Waals surface area contributed by atoms with Crippen molar-refractivity contribution < 1.29 is 9.53 Å². The van der Waals surface area contributed by atoms with Crippen LogP contribution in [0.1, 0.15) is 19.5 Å². The molecule has 1 aromatic heterocycles. The Kier molecular flexibility index (Phi) is 5.06. The molecule has 0 aliphatic carbocycles. The van der Waals surface area contributed by atoms with E-state index in [0.29, 0.717) is 5.69 Å². The zero-order valence-corrected chi connectivity index (χ0v) is 12.9. The lowest BCUT2D eigenvalue weighted by atomic mass is 10.1. The Balaban J connectivity index is 2.08. The first-order valence-electron chi connectivity index (χ1n) is 7.04. The van der Waals surface area contributed by atoms with E-state index in [9.17, 15) is 4.79 Å². The Morgan fingerprint density at radius 3 is 2.82 bits per heavy atom. The molecule has 3 N–H and O–H groups in total. The largest absolute Gasteiger partial charge is 0.497 e. The number of benzene rings is 1. The van der Waals surface area contributed by atoms with Crippen LogP contribution < -0.4 is 15.9 Å². The third kappa shape index (κ3) is 3.79. The molecule has 0 aliphatic heterocycles. The van der Waals surface area contributed by atoms with E-state index in [1.54, 1.807) is 7.11 Å². The Hall–Kier alpha value is -2.47. The Bertz CT molecular complexity index is 698. The molecule has 2 rings (SSSR count). The number of nitrogens with one attached hydrogen (secondary N) is 1. The summed E-state index contributed by atoms with van der Waals surface area (Å²) < 4.78 is 5.17. The number of rotatable bonds is 5. The van der Waals surface area contributed by atoms with Crippen LogP contribution in [-0.4, -0.2) is 30.3 Å². The predicted octanol–water partition coefficient (Wildman–Crippen LogP) is 1.68. The molecule has 6 heteroatoms. The van der Waals surface area contributed by atoms with E-state index >= 15 is 0 Å². The molecular weight excluding hydrogens is 280 g/mol. The van der Waals surface area contributed by atoms with Crippen LogP contribution in [-0.2, 0) is 4.79 Å². The second kappa shape index (κ2) is 7.00. The third-order valence-electron chi connectivity index (χ3n) is 3.31. The fraction of sp³-hybridized carbons (Fsp3) is 0.312. The summed E-state index contributed by atoms with van der Waals surface area (Å²) in [5.41, 5.74) is 9.63. The average Bonchev–Trinajstić information content (AvgIpc) is 2.53. The lowest BCUT2D eigenvalue weighted by molar-refractivity contribution is -0.123. The van der Waals surface area contributed by atoms with Crippen LogP contribution in [0.25, 0.3) is 10.9 Å². The monoisotopic (exact) mass is 300 g/mol. The first-order valence-corrected chi connectivity index (χ1v) is 7.04. The van der Waals surface area contributed by atoms with Gasteiger partial charge < -0.3 is 10.5 Å². The molecule has 0 aliphatic rings. The maximum Gasteiger partial charge on any atom is 0.257 e. The summed E-state index contributed by atoms with van der Waals surface area (Å²) >= 11 is 0. The van der Waals surface area contributed by atoms with Gasteiger partial charge in [-0.1, -0.05) is 19.9 Å². The molecule has 1 heterocycles. The summed E-state index contributed by atoms with van der Waals surface area (Å²) in [5, 5.41) is 4.87. The lowest BCUT2D eigenvalue weighted by Crippen LogP contribution is -2.42. The highest BCUT2D eigenvalue weighted by Crippen LogP contribution is 2.19. The van der Waals surface area contributed by atoms with E-state index in [-0.39, 0.29) is 11.8 Å². The van der Waals surface area contributed by atoms with Gasteiger partial charge in [0, 0.05) is 5.39 Å². The van der Waals surface area contributed by atoms with Crippen molar-refractivity contribution in [2.75, 3.05) is 7.11 Å². The van der Waals surface area contributed by atoms with Crippen LogP contribution >= 0.6 is 0 Å². The first kappa shape index (κ1) is 15.9. The second-order valence-corrected chi connectivity index (χ2v) is 5.30. The van der Waals surface area contributed by atoms with Crippen molar-refractivity contribution in [3.63, 3.8) is 0 Å². The smallest absolute Gasteiger partial charge is 0.257 e. The van der Waals surface area contributed by atoms with Gasteiger partial charge in [0.05, 0.1) is 30.6 Å². The number of aromatic nitrogens is 1. The molecule has 0 bridgehead atoms. The molecule has 0 radical (unpaired) electrons. The summed E-state index contributed by atoms with van der Waals surface area (Å²) in [4.78, 5) is 16.1. The third-order valence-corrected chi connectivity index (χ3v) is 3.31. The molecule has 116 valence electrons. The number of carbonyl (C=O) groups excluding carboxylic acids is 1. The number of fused-ring (bicyclic) bond motifs is 1. The maximum atomic E-state index is 11.7. The number of nitrogens with two attached hydrogens (primary N) is 1. The zero-order valence-electron chi connectivity index (χ0n) is 12.9. The highest BCUT2D eigenvalue weighted by Gasteiger charge is 2.16. The van der Waals surface area contributed by atoms with Crippen LogP contribution in [0.4, 0.5) is 0 Å². The van der Waals surface area contributed by atoms with Gasteiger partial charge in [0.25, 0.3) is 5.91 Å². The van der Waals surface area contributed by atoms with Crippen molar-refractivity contribution in [3.8, 4) is 5.75 Å². The molecule has 1 amide bonds. The Morgan fingerprint density at radius 1 is 1.36 bits per heavy atom. The predicted molar refractivity (Wildman–Crippen MR) is 86.8 cm³/mol. The molecule has 0 saturated heterocycles. The minimum Gasteiger partial charge on any atom is -0.497 e. The standard InChI is InChI=1S/C16H20N4O2/c1-10(2)15(17)16(21)20-18-9-12-5-4-11-8-13(22-3)6-7-14(11)19-12/h4-10,15H,17H2,1-3H3,(H,20,21). The fourth-order valence-corrected chi connectivity index (χ4v) is 1.86. The number of nitrogens with zero attached hydrogens (tertiary/aromatic N) is 2. The first-order chi connectivity index (χ1) is 10.5. The topological polar surface area (TPSA) is 89.6 Å². The van der Waals surface area contributed by atoms with Gasteiger partial charge in [-0.25, -0.2) is 10.4 Å². The van der Waals surface area contributed by atoms with Crippen molar-refractivity contribution in [1.82, 2.24) is 10.4 Å². The van der Waals surface area contributed by atoms with Gasteiger partial charge in [-0.15, -0.1) is 0 Å². The maximum absolute atomic E-state index is 11.7. The highest BCUT2D eigenvalue weighted by atomic mass is 16.5. The van der Waals surface area contributed by atoms with Crippen molar-refractivity contribution >= 4 is 23.0 Å². The number of ether oxygens (including phenoxy) is 1. The molecule has 6 nitrogen and oxygen atoms in total. The minimum absolute atomic E-state index is 0.0592. The molecule has 1 unspecified atom stereocenters. The van der Waals surface area contributed by atoms with E-state index in [0.717, 1.165) is 16.7 Å². The summed E-state index contributed by atoms with van der Waals surface area (Å²) in [5.74, 6) is 0.534. The Morgan fingerprint density at radius 2 is 2.14 bits per heavy atom. The van der Waals surface area contributed by atoms with Gasteiger partial charge in [0.2, 0.25) is 0 Å². The highest BCUT2D eigenvalue weighted by molar-refractivity contribution is 5.87. The van der Waals surface area contributed by atoms with Crippen molar-refractivity contribution in [2.45, 2.75) is 19.9 Å². The molecular formula is C16H20N4O2. The summed E-state index contributed by atoms with van der Waals surface area (Å²) in [6.07, 6.45) is 1.49. The summed E-state index contributed by atoms with van der Waals surface area (Å²) in [7, 11) is 1.63. The molecule has 0 spiro atoms. The minimum atomic E-state index is -0.575. The van der Waals surface area contributed by atoms with Gasteiger partial charge >= 0.3 is 0 Å². The van der Waals surface area contributed by atoms with E-state index in [2.05, 4.69) is 15.5 Å². The lowest BCUT2D eigenvalue weighted by Gasteiger charge is -2.12. The van der Waals surface area contributed by atoms with Crippen LogP contribution in [0, 0.1) is 5.92 Å². The van der Waals surface area contributed by atoms with Crippen molar-refractivity contribution in [2.24, 2.45) is 16.8 Å². The van der Waals surface area contributed by atoms with Gasteiger partial charge in [-0.05, 0) is 30.2 Å². The second-order valence-electron chi connectivity index (χ2n) is 5.30. The quantitative estimate of drug-likeness (QED) is 0.649. The van der Waals surface area contributed by atoms with Crippen molar-refractivity contribution in [1.29, 1.82) is 0 Å². The molecule has 2 aromatic rings. The van der Waals surface area contributed by atoms with E-state index in [4.69, 9.17) is 10.5 Å². The van der Waals surface area contributed by atoms with E-state index in [1.807, 2.05) is 44.2 Å². The average molecular weight is 300 g/mol. The number of carbonyl (C=O) groups is 1. The molecule has 22 heavy (non-hydrogen) atoms. The summed E-state index contributed by atoms with van der Waals surface area (Å²) in [6.45, 7) is 3.76. The number of hydrogen-bond acceptors (Lipinski definition) is 5. The van der Waals surface area contributed by atoms with Crippen molar-refractivity contribution in [3.05, 3.63) is 36.0 Å². The van der Waals surface area contributed by atoms with Crippen LogP contribution in [0.5, 0.6) is 5.75 Å². The van der Waals surface area contributed by atoms with Gasteiger partial charge in [0.15, 0.2) is 0 Å². The van der Waals surface area contributed by atoms with Crippen LogP contribution in [0.2, 0.25) is 0 Å². The number of methoxy groups -OCH3 is 1. The molecule has 1 aromatic carbocycles. The molecule has 0 fully saturated rings. The molecule has 0 saturated carbocycles. The normalized spacial score (nSPS) is 12.8. The van der Waals surface area contributed by atoms with E-state index in [1.165, 1.54) is 6.21 Å². The fourth-order valence-electron chi connectivity index (χ4n) is 1.86. The van der Waals surface area contributed by atoms with E-state index < -0.39 is 6.04 Å².